The number of hydrogen-bond donors (Lipinski definition) is 0. The van der Waals surface area contributed by atoms with E-state index in [1.807, 2.05) is 13.8 Å². The molecule has 0 aromatic rings. The van der Waals surface area contributed by atoms with Crippen LogP contribution in [-0.2, 0) is 9.53 Å². The molecule has 0 heterocycles. The fraction of sp³-hybridized carbons (Fsp3) is 0.812. The summed E-state index contributed by atoms with van der Waals surface area (Å²) in [7, 11) is 0. The Morgan fingerprint density at radius 2 is 2.22 bits per heavy atom. The van der Waals surface area contributed by atoms with Gasteiger partial charge in [-0.1, -0.05) is 31.9 Å². The highest BCUT2D eigenvalue weighted by Crippen LogP contribution is 2.22. The monoisotopic (exact) mass is 252 g/mol. The Morgan fingerprint density at radius 1 is 1.39 bits per heavy atom. The summed E-state index contributed by atoms with van der Waals surface area (Å²) in [6.07, 6.45) is 14.9. The summed E-state index contributed by atoms with van der Waals surface area (Å²) in [6, 6.07) is 0. The van der Waals surface area contributed by atoms with Crippen LogP contribution in [0.15, 0.2) is 12.2 Å². The fourth-order valence-corrected chi connectivity index (χ4v) is 2.34. The maximum Gasteiger partial charge on any atom is 0.306 e. The molecule has 18 heavy (non-hydrogen) atoms. The summed E-state index contributed by atoms with van der Waals surface area (Å²) in [5.74, 6) is 0.771. The van der Waals surface area contributed by atoms with Gasteiger partial charge in [-0.05, 0) is 51.4 Å². The van der Waals surface area contributed by atoms with Crippen LogP contribution < -0.4 is 0 Å². The predicted octanol–water partition coefficient (Wildman–Crippen LogP) is 4.63. The second kappa shape index (κ2) is 9.18. The van der Waals surface area contributed by atoms with Gasteiger partial charge in [0.05, 0.1) is 6.10 Å². The quantitative estimate of drug-likeness (QED) is 0.357. The number of hydrogen-bond acceptors (Lipinski definition) is 2. The van der Waals surface area contributed by atoms with Crippen molar-refractivity contribution >= 4 is 5.97 Å². The lowest BCUT2D eigenvalue weighted by Gasteiger charge is -2.15. The zero-order chi connectivity index (χ0) is 13.2. The number of carbonyl (C=O) groups excluding carboxylic acids is 1. The Labute approximate surface area is 112 Å². The van der Waals surface area contributed by atoms with Crippen molar-refractivity contribution in [2.45, 2.75) is 77.7 Å². The Bertz CT molecular complexity index is 258. The first-order valence-corrected chi connectivity index (χ1v) is 7.58. The van der Waals surface area contributed by atoms with Crippen molar-refractivity contribution in [3.8, 4) is 0 Å². The number of esters is 1. The molecule has 0 radical (unpaired) electrons. The van der Waals surface area contributed by atoms with Crippen LogP contribution in [0.3, 0.4) is 0 Å². The first kappa shape index (κ1) is 15.3. The van der Waals surface area contributed by atoms with E-state index >= 15 is 0 Å². The van der Waals surface area contributed by atoms with Crippen LogP contribution >= 0.6 is 0 Å². The molecule has 1 aliphatic carbocycles. The maximum atomic E-state index is 11.4. The maximum absolute atomic E-state index is 11.4. The molecule has 0 fully saturated rings. The van der Waals surface area contributed by atoms with Crippen molar-refractivity contribution in [3.63, 3.8) is 0 Å². The van der Waals surface area contributed by atoms with E-state index in [1.165, 1.54) is 32.1 Å². The third-order valence-corrected chi connectivity index (χ3v) is 3.72. The van der Waals surface area contributed by atoms with E-state index in [2.05, 4.69) is 12.2 Å². The summed E-state index contributed by atoms with van der Waals surface area (Å²) >= 11 is 0. The van der Waals surface area contributed by atoms with Crippen molar-refractivity contribution < 1.29 is 9.53 Å². The highest BCUT2D eigenvalue weighted by Gasteiger charge is 2.09. The molecule has 0 aliphatic heterocycles. The van der Waals surface area contributed by atoms with Gasteiger partial charge in [0, 0.05) is 6.42 Å². The molecule has 0 saturated carbocycles. The highest BCUT2D eigenvalue weighted by atomic mass is 16.5. The molecule has 2 atom stereocenters. The topological polar surface area (TPSA) is 26.3 Å². The van der Waals surface area contributed by atoms with E-state index in [9.17, 15) is 4.79 Å². The van der Waals surface area contributed by atoms with Crippen molar-refractivity contribution in [3.05, 3.63) is 12.2 Å². The number of allylic oxidation sites excluding steroid dienone is 2. The summed E-state index contributed by atoms with van der Waals surface area (Å²) in [5.41, 5.74) is 0. The molecule has 0 amide bonds. The first-order chi connectivity index (χ1) is 8.72. The van der Waals surface area contributed by atoms with E-state index < -0.39 is 0 Å². The van der Waals surface area contributed by atoms with Crippen LogP contribution in [0.2, 0.25) is 0 Å². The normalized spacial score (nSPS) is 20.7. The summed E-state index contributed by atoms with van der Waals surface area (Å²) in [5, 5.41) is 0. The van der Waals surface area contributed by atoms with Crippen LogP contribution in [0.4, 0.5) is 0 Å². The SMILES string of the molecule is CCC(C)OC(=O)CCCCCC1C=CCCC1. The molecule has 1 rings (SSSR count). The van der Waals surface area contributed by atoms with Crippen molar-refractivity contribution in [2.24, 2.45) is 5.92 Å². The molecule has 2 unspecified atom stereocenters. The Balaban J connectivity index is 1.96. The van der Waals surface area contributed by atoms with Gasteiger partial charge in [0.2, 0.25) is 0 Å². The lowest BCUT2D eigenvalue weighted by Crippen LogP contribution is -2.13. The number of carbonyl (C=O) groups is 1. The van der Waals surface area contributed by atoms with Gasteiger partial charge in [0.15, 0.2) is 0 Å². The zero-order valence-corrected chi connectivity index (χ0v) is 12.0. The molecule has 104 valence electrons. The van der Waals surface area contributed by atoms with Gasteiger partial charge >= 0.3 is 5.97 Å². The van der Waals surface area contributed by atoms with Gasteiger partial charge in [-0.25, -0.2) is 0 Å². The largest absolute Gasteiger partial charge is 0.463 e. The van der Waals surface area contributed by atoms with Gasteiger partial charge < -0.3 is 4.74 Å². The Kier molecular flexibility index (Phi) is 7.79. The summed E-state index contributed by atoms with van der Waals surface area (Å²) < 4.78 is 5.25. The van der Waals surface area contributed by atoms with Gasteiger partial charge in [-0.15, -0.1) is 0 Å². The van der Waals surface area contributed by atoms with Gasteiger partial charge in [-0.2, -0.15) is 0 Å². The molecule has 0 aromatic carbocycles. The number of ether oxygens (including phenoxy) is 1. The minimum Gasteiger partial charge on any atom is -0.463 e. The minimum absolute atomic E-state index is 0.0260. The van der Waals surface area contributed by atoms with Gasteiger partial charge in [0.25, 0.3) is 0 Å². The molecule has 1 aliphatic rings. The predicted molar refractivity (Wildman–Crippen MR) is 75.4 cm³/mol. The van der Waals surface area contributed by atoms with Crippen molar-refractivity contribution in [1.29, 1.82) is 0 Å². The van der Waals surface area contributed by atoms with E-state index in [-0.39, 0.29) is 12.1 Å². The fourth-order valence-electron chi connectivity index (χ4n) is 2.34. The van der Waals surface area contributed by atoms with Crippen molar-refractivity contribution in [2.75, 3.05) is 0 Å². The smallest absolute Gasteiger partial charge is 0.306 e. The number of unbranched alkanes of at least 4 members (excludes halogenated alkanes) is 2. The minimum atomic E-state index is -0.0260. The van der Waals surface area contributed by atoms with E-state index in [4.69, 9.17) is 4.74 Å². The molecule has 0 spiro atoms. The molecular formula is C16H28O2. The molecule has 2 heteroatoms. The van der Waals surface area contributed by atoms with E-state index in [0.717, 1.165) is 25.2 Å². The molecule has 0 saturated heterocycles. The first-order valence-electron chi connectivity index (χ1n) is 7.58. The number of rotatable bonds is 8. The molecule has 2 nitrogen and oxygen atoms in total. The van der Waals surface area contributed by atoms with Gasteiger partial charge in [0.1, 0.15) is 0 Å². The zero-order valence-electron chi connectivity index (χ0n) is 12.0. The van der Waals surface area contributed by atoms with Crippen LogP contribution in [0.5, 0.6) is 0 Å². The molecule has 0 aromatic heterocycles. The van der Waals surface area contributed by atoms with Crippen LogP contribution in [-0.4, -0.2) is 12.1 Å². The molecular weight excluding hydrogens is 224 g/mol. The average molecular weight is 252 g/mol. The van der Waals surface area contributed by atoms with Crippen molar-refractivity contribution in [1.82, 2.24) is 0 Å². The van der Waals surface area contributed by atoms with Gasteiger partial charge in [-0.3, -0.25) is 4.79 Å². The van der Waals surface area contributed by atoms with E-state index in [1.54, 1.807) is 0 Å². The highest BCUT2D eigenvalue weighted by molar-refractivity contribution is 5.69. The Hall–Kier alpha value is -0.790. The second-order valence-electron chi connectivity index (χ2n) is 5.43. The lowest BCUT2D eigenvalue weighted by molar-refractivity contribution is -0.148. The molecule has 0 bridgehead atoms. The molecule has 0 N–H and O–H groups in total. The standard InChI is InChI=1S/C16H28O2/c1-3-14(2)18-16(17)13-9-5-8-12-15-10-6-4-7-11-15/h6,10,14-15H,3-5,7-9,11-13H2,1-2H3. The van der Waals surface area contributed by atoms with Crippen LogP contribution in [0, 0.1) is 5.92 Å². The van der Waals surface area contributed by atoms with Crippen LogP contribution in [0.1, 0.15) is 71.6 Å². The summed E-state index contributed by atoms with van der Waals surface area (Å²) in [4.78, 5) is 11.4. The second-order valence-corrected chi connectivity index (χ2v) is 5.43. The Morgan fingerprint density at radius 3 is 2.89 bits per heavy atom. The lowest BCUT2D eigenvalue weighted by atomic mass is 9.91. The van der Waals surface area contributed by atoms with Crippen LogP contribution in [0.25, 0.3) is 0 Å². The third kappa shape index (κ3) is 6.83. The average Bonchev–Trinajstić information content (AvgIpc) is 2.39. The van der Waals surface area contributed by atoms with E-state index in [0.29, 0.717) is 6.42 Å². The third-order valence-electron chi connectivity index (χ3n) is 3.72. The summed E-state index contributed by atoms with van der Waals surface area (Å²) in [6.45, 7) is 3.99.